The summed E-state index contributed by atoms with van der Waals surface area (Å²) in [5.74, 6) is 0. The summed E-state index contributed by atoms with van der Waals surface area (Å²) in [6, 6.07) is 3.73. The first-order chi connectivity index (χ1) is 8.03. The predicted molar refractivity (Wildman–Crippen MR) is 68.8 cm³/mol. The molecule has 0 spiro atoms. The zero-order valence-electron chi connectivity index (χ0n) is 10.4. The van der Waals surface area contributed by atoms with Gasteiger partial charge in [0.1, 0.15) is 0 Å². The molecule has 0 unspecified atom stereocenters. The Bertz CT molecular complexity index is 518. The van der Waals surface area contributed by atoms with Crippen molar-refractivity contribution < 1.29 is 4.63 Å². The van der Waals surface area contributed by atoms with E-state index >= 15 is 0 Å². The molecule has 0 fully saturated rings. The quantitative estimate of drug-likeness (QED) is 0.795. The maximum absolute atomic E-state index is 5.80. The molecule has 1 heterocycles. The molecule has 1 aromatic heterocycles. The number of nitrogen functional groups attached to an aromatic ring is 1. The highest BCUT2D eigenvalue weighted by Crippen LogP contribution is 2.28. The van der Waals surface area contributed by atoms with Crippen LogP contribution in [-0.4, -0.2) is 15.9 Å². The molecule has 0 aliphatic heterocycles. The van der Waals surface area contributed by atoms with E-state index in [2.05, 4.69) is 36.4 Å². The van der Waals surface area contributed by atoms with Gasteiger partial charge in [-0.1, -0.05) is 13.3 Å². The molecule has 17 heavy (non-hydrogen) atoms. The van der Waals surface area contributed by atoms with E-state index in [-0.39, 0.29) is 5.54 Å². The maximum Gasteiger partial charge on any atom is 0.160 e. The fraction of sp³-hybridized carbons (Fsp3) is 0.500. The first-order valence-corrected chi connectivity index (χ1v) is 5.82. The molecule has 3 N–H and O–H groups in total. The molecule has 0 aliphatic rings. The van der Waals surface area contributed by atoms with Gasteiger partial charge in [0.05, 0.1) is 11.4 Å². The van der Waals surface area contributed by atoms with E-state index in [9.17, 15) is 0 Å². The van der Waals surface area contributed by atoms with E-state index in [0.29, 0.717) is 16.7 Å². The third-order valence-electron chi connectivity index (χ3n) is 2.79. The zero-order chi connectivity index (χ0) is 12.5. The Kier molecular flexibility index (Phi) is 2.92. The Morgan fingerprint density at radius 2 is 2.00 bits per heavy atom. The van der Waals surface area contributed by atoms with Crippen LogP contribution >= 0.6 is 0 Å². The van der Waals surface area contributed by atoms with Gasteiger partial charge >= 0.3 is 0 Å². The van der Waals surface area contributed by atoms with Crippen LogP contribution in [0.25, 0.3) is 11.0 Å². The lowest BCUT2D eigenvalue weighted by molar-refractivity contribution is 0.315. The van der Waals surface area contributed by atoms with E-state index in [0.717, 1.165) is 18.5 Å². The predicted octanol–water partition coefficient (Wildman–Crippen LogP) is 2.80. The number of rotatable bonds is 4. The molecule has 1 aromatic carbocycles. The number of anilines is 2. The fourth-order valence-electron chi connectivity index (χ4n) is 2.04. The summed E-state index contributed by atoms with van der Waals surface area (Å²) in [5.41, 5.74) is 8.61. The van der Waals surface area contributed by atoms with Crippen LogP contribution < -0.4 is 11.1 Å². The lowest BCUT2D eigenvalue weighted by atomic mass is 9.98. The zero-order valence-corrected chi connectivity index (χ0v) is 10.4. The molecule has 0 aliphatic carbocycles. The normalized spacial score (nSPS) is 11.9. The molecule has 0 atom stereocenters. The number of hydrogen-bond acceptors (Lipinski definition) is 5. The average Bonchev–Trinajstić information content (AvgIpc) is 2.71. The molecule has 0 bridgehead atoms. The summed E-state index contributed by atoms with van der Waals surface area (Å²) in [4.78, 5) is 0. The van der Waals surface area contributed by atoms with Crippen molar-refractivity contribution >= 4 is 22.4 Å². The Labute approximate surface area is 100 Å². The van der Waals surface area contributed by atoms with Crippen LogP contribution in [0.3, 0.4) is 0 Å². The second-order valence-corrected chi connectivity index (χ2v) is 4.92. The third kappa shape index (κ3) is 2.33. The molecule has 0 saturated heterocycles. The van der Waals surface area contributed by atoms with Crippen LogP contribution in [0.2, 0.25) is 0 Å². The van der Waals surface area contributed by atoms with E-state index in [1.807, 2.05) is 12.1 Å². The smallest absolute Gasteiger partial charge is 0.160 e. The molecule has 5 nitrogen and oxygen atoms in total. The van der Waals surface area contributed by atoms with Crippen LogP contribution in [0.5, 0.6) is 0 Å². The van der Waals surface area contributed by atoms with Gasteiger partial charge in [-0.15, -0.1) is 0 Å². The van der Waals surface area contributed by atoms with Crippen LogP contribution in [0.4, 0.5) is 11.4 Å². The molecule has 0 radical (unpaired) electrons. The number of benzene rings is 1. The van der Waals surface area contributed by atoms with Crippen LogP contribution in [0.15, 0.2) is 16.8 Å². The topological polar surface area (TPSA) is 77.0 Å². The standard InChI is InChI=1S/C12H18N4O/c1-4-7-12(2,3)14-9-6-5-8(13)10-11(9)16-17-15-10/h5-6,14H,4,7,13H2,1-3H3. The van der Waals surface area contributed by atoms with Gasteiger partial charge in [0.15, 0.2) is 11.0 Å². The molecule has 2 rings (SSSR count). The summed E-state index contributed by atoms with van der Waals surface area (Å²) in [5, 5.41) is 11.2. The largest absolute Gasteiger partial charge is 0.397 e. The molecule has 2 aromatic rings. The number of aromatic nitrogens is 2. The summed E-state index contributed by atoms with van der Waals surface area (Å²) in [6.07, 6.45) is 2.19. The van der Waals surface area contributed by atoms with E-state index in [1.54, 1.807) is 0 Å². The minimum atomic E-state index is 0.0107. The molecular formula is C12H18N4O. The summed E-state index contributed by atoms with van der Waals surface area (Å²) in [7, 11) is 0. The summed E-state index contributed by atoms with van der Waals surface area (Å²) >= 11 is 0. The van der Waals surface area contributed by atoms with Crippen molar-refractivity contribution in [2.45, 2.75) is 39.2 Å². The van der Waals surface area contributed by atoms with Crippen molar-refractivity contribution in [3.63, 3.8) is 0 Å². The molecule has 0 amide bonds. The van der Waals surface area contributed by atoms with Crippen LogP contribution in [0, 0.1) is 0 Å². The Balaban J connectivity index is 2.36. The lowest BCUT2D eigenvalue weighted by Crippen LogP contribution is -2.30. The van der Waals surface area contributed by atoms with Gasteiger partial charge in [-0.3, -0.25) is 0 Å². The lowest BCUT2D eigenvalue weighted by Gasteiger charge is -2.27. The second-order valence-electron chi connectivity index (χ2n) is 4.92. The van der Waals surface area contributed by atoms with E-state index in [1.165, 1.54) is 0 Å². The molecule has 0 saturated carbocycles. The summed E-state index contributed by atoms with van der Waals surface area (Å²) in [6.45, 7) is 6.48. The van der Waals surface area contributed by atoms with Crippen molar-refractivity contribution in [3.05, 3.63) is 12.1 Å². The highest BCUT2D eigenvalue weighted by Gasteiger charge is 2.19. The fourth-order valence-corrected chi connectivity index (χ4v) is 2.04. The van der Waals surface area contributed by atoms with Crippen LogP contribution in [-0.2, 0) is 0 Å². The van der Waals surface area contributed by atoms with Gasteiger partial charge in [-0.05, 0) is 42.7 Å². The first kappa shape index (κ1) is 11.7. The third-order valence-corrected chi connectivity index (χ3v) is 2.79. The average molecular weight is 234 g/mol. The first-order valence-electron chi connectivity index (χ1n) is 5.82. The molecular weight excluding hydrogens is 216 g/mol. The number of hydrogen-bond donors (Lipinski definition) is 2. The number of nitrogens with one attached hydrogen (secondary N) is 1. The minimum absolute atomic E-state index is 0.0107. The summed E-state index contributed by atoms with van der Waals surface area (Å²) < 4.78 is 4.74. The number of fused-ring (bicyclic) bond motifs is 1. The van der Waals surface area contributed by atoms with Crippen molar-refractivity contribution in [3.8, 4) is 0 Å². The van der Waals surface area contributed by atoms with E-state index in [4.69, 9.17) is 10.4 Å². The van der Waals surface area contributed by atoms with Crippen LogP contribution in [0.1, 0.15) is 33.6 Å². The van der Waals surface area contributed by atoms with Gasteiger partial charge in [0.2, 0.25) is 0 Å². The molecule has 92 valence electrons. The highest BCUT2D eigenvalue weighted by molar-refractivity contribution is 5.95. The highest BCUT2D eigenvalue weighted by atomic mass is 16.6. The Morgan fingerprint density at radius 3 is 2.71 bits per heavy atom. The SMILES string of the molecule is CCCC(C)(C)Nc1ccc(N)c2nonc12. The minimum Gasteiger partial charge on any atom is -0.397 e. The second kappa shape index (κ2) is 4.24. The Hall–Kier alpha value is -1.78. The Morgan fingerprint density at radius 1 is 1.29 bits per heavy atom. The van der Waals surface area contributed by atoms with Gasteiger partial charge in [-0.2, -0.15) is 0 Å². The van der Waals surface area contributed by atoms with Crippen molar-refractivity contribution in [2.75, 3.05) is 11.1 Å². The van der Waals surface area contributed by atoms with E-state index < -0.39 is 0 Å². The van der Waals surface area contributed by atoms with Gasteiger partial charge in [-0.25, -0.2) is 4.63 Å². The number of nitrogens with zero attached hydrogens (tertiary/aromatic N) is 2. The van der Waals surface area contributed by atoms with Crippen molar-refractivity contribution in [1.82, 2.24) is 10.3 Å². The van der Waals surface area contributed by atoms with Crippen molar-refractivity contribution in [2.24, 2.45) is 0 Å². The van der Waals surface area contributed by atoms with Gasteiger partial charge in [0.25, 0.3) is 0 Å². The van der Waals surface area contributed by atoms with Crippen molar-refractivity contribution in [1.29, 1.82) is 0 Å². The van der Waals surface area contributed by atoms with Gasteiger partial charge in [0, 0.05) is 5.54 Å². The monoisotopic (exact) mass is 234 g/mol. The maximum atomic E-state index is 5.80. The van der Waals surface area contributed by atoms with Gasteiger partial charge < -0.3 is 11.1 Å². The molecule has 5 heteroatoms. The number of nitrogens with two attached hydrogens (primary N) is 1.